The highest BCUT2D eigenvalue weighted by Crippen LogP contribution is 2.26. The SMILES string of the molecule is O=C(O)CCC(O)(CC(=O)c1ccccc1)CC(=O)c1ccccc1. The van der Waals surface area contributed by atoms with Crippen LogP contribution in [0.3, 0.4) is 0 Å². The van der Waals surface area contributed by atoms with E-state index in [2.05, 4.69) is 0 Å². The fourth-order valence-electron chi connectivity index (χ4n) is 2.63. The van der Waals surface area contributed by atoms with Crippen LogP contribution in [0.2, 0.25) is 0 Å². The van der Waals surface area contributed by atoms with Crippen LogP contribution in [0.15, 0.2) is 60.7 Å². The highest BCUT2D eigenvalue weighted by molar-refractivity contribution is 5.99. The number of hydrogen-bond acceptors (Lipinski definition) is 4. The van der Waals surface area contributed by atoms with Gasteiger partial charge in [-0.1, -0.05) is 60.7 Å². The van der Waals surface area contributed by atoms with Crippen molar-refractivity contribution in [3.05, 3.63) is 71.8 Å². The summed E-state index contributed by atoms with van der Waals surface area (Å²) in [6, 6.07) is 16.9. The summed E-state index contributed by atoms with van der Waals surface area (Å²) in [6.45, 7) is 0. The first-order chi connectivity index (χ1) is 11.9. The predicted molar refractivity (Wildman–Crippen MR) is 92.6 cm³/mol. The maximum atomic E-state index is 12.4. The Morgan fingerprint density at radius 2 is 1.16 bits per heavy atom. The predicted octanol–water partition coefficient (Wildman–Crippen LogP) is 3.13. The maximum absolute atomic E-state index is 12.4. The summed E-state index contributed by atoms with van der Waals surface area (Å²) in [5, 5.41) is 19.7. The molecule has 5 nitrogen and oxygen atoms in total. The quantitative estimate of drug-likeness (QED) is 0.684. The molecule has 0 saturated carbocycles. The molecule has 2 N–H and O–H groups in total. The van der Waals surface area contributed by atoms with Gasteiger partial charge in [-0.25, -0.2) is 0 Å². The number of aliphatic carboxylic acids is 1. The van der Waals surface area contributed by atoms with Crippen molar-refractivity contribution in [2.24, 2.45) is 0 Å². The second kappa shape index (κ2) is 8.35. The molecular weight excluding hydrogens is 320 g/mol. The first-order valence-electron chi connectivity index (χ1n) is 8.00. The normalized spacial score (nSPS) is 11.1. The molecule has 0 aliphatic heterocycles. The Bertz CT molecular complexity index is 684. The van der Waals surface area contributed by atoms with Gasteiger partial charge >= 0.3 is 5.97 Å². The first-order valence-corrected chi connectivity index (χ1v) is 8.00. The highest BCUT2D eigenvalue weighted by atomic mass is 16.4. The first kappa shape index (κ1) is 18.5. The molecule has 0 atom stereocenters. The number of carboxylic acid groups (broad SMARTS) is 1. The largest absolute Gasteiger partial charge is 0.481 e. The van der Waals surface area contributed by atoms with Crippen molar-refractivity contribution in [2.45, 2.75) is 31.3 Å². The van der Waals surface area contributed by atoms with Crippen molar-refractivity contribution < 1.29 is 24.6 Å². The Labute approximate surface area is 145 Å². The van der Waals surface area contributed by atoms with Crippen molar-refractivity contribution in [3.63, 3.8) is 0 Å². The average molecular weight is 340 g/mol. The molecule has 0 radical (unpaired) electrons. The number of carbonyl (C=O) groups excluding carboxylic acids is 2. The fourth-order valence-corrected chi connectivity index (χ4v) is 2.63. The molecule has 0 aromatic heterocycles. The van der Waals surface area contributed by atoms with Gasteiger partial charge in [0.2, 0.25) is 0 Å². The van der Waals surface area contributed by atoms with Crippen LogP contribution in [-0.2, 0) is 4.79 Å². The number of carboxylic acids is 1. The lowest BCUT2D eigenvalue weighted by Crippen LogP contribution is -2.35. The lowest BCUT2D eigenvalue weighted by Gasteiger charge is -2.26. The van der Waals surface area contributed by atoms with E-state index in [1.54, 1.807) is 60.7 Å². The zero-order chi connectivity index (χ0) is 18.3. The molecule has 0 amide bonds. The number of rotatable bonds is 9. The summed E-state index contributed by atoms with van der Waals surface area (Å²) in [5.74, 6) is -1.73. The number of carbonyl (C=O) groups is 3. The lowest BCUT2D eigenvalue weighted by molar-refractivity contribution is -0.138. The Hall–Kier alpha value is -2.79. The van der Waals surface area contributed by atoms with Gasteiger partial charge in [0.25, 0.3) is 0 Å². The number of benzene rings is 2. The summed E-state index contributed by atoms with van der Waals surface area (Å²) in [4.78, 5) is 35.7. The summed E-state index contributed by atoms with van der Waals surface area (Å²) in [7, 11) is 0. The Kier molecular flexibility index (Phi) is 6.19. The van der Waals surface area contributed by atoms with Gasteiger partial charge in [0, 0.05) is 30.4 Å². The Morgan fingerprint density at radius 1 is 0.760 bits per heavy atom. The second-order valence-electron chi connectivity index (χ2n) is 6.05. The van der Waals surface area contributed by atoms with Crippen molar-refractivity contribution in [1.82, 2.24) is 0 Å². The van der Waals surface area contributed by atoms with Gasteiger partial charge in [-0.05, 0) is 6.42 Å². The molecule has 0 fully saturated rings. The monoisotopic (exact) mass is 340 g/mol. The molecule has 0 aliphatic rings. The van der Waals surface area contributed by atoms with Crippen molar-refractivity contribution >= 4 is 17.5 Å². The van der Waals surface area contributed by atoms with Crippen LogP contribution in [-0.4, -0.2) is 33.3 Å². The van der Waals surface area contributed by atoms with E-state index in [0.717, 1.165) is 0 Å². The minimum Gasteiger partial charge on any atom is -0.481 e. The lowest BCUT2D eigenvalue weighted by atomic mass is 9.84. The smallest absolute Gasteiger partial charge is 0.303 e. The third-order valence-electron chi connectivity index (χ3n) is 3.97. The van der Waals surface area contributed by atoms with Crippen LogP contribution in [0.1, 0.15) is 46.4 Å². The van der Waals surface area contributed by atoms with Gasteiger partial charge in [0.15, 0.2) is 11.6 Å². The van der Waals surface area contributed by atoms with Crippen molar-refractivity contribution in [3.8, 4) is 0 Å². The third-order valence-corrected chi connectivity index (χ3v) is 3.97. The molecule has 0 unspecified atom stereocenters. The summed E-state index contributed by atoms with van der Waals surface area (Å²) < 4.78 is 0. The van der Waals surface area contributed by atoms with Crippen LogP contribution >= 0.6 is 0 Å². The minimum absolute atomic E-state index is 0.167. The van der Waals surface area contributed by atoms with Gasteiger partial charge in [0.1, 0.15) is 0 Å². The standard InChI is InChI=1S/C20H20O5/c21-17(15-7-3-1-4-8-15)13-20(25,12-11-19(23)24)14-18(22)16-9-5-2-6-10-16/h1-10,25H,11-14H2,(H,23,24). The van der Waals surface area contributed by atoms with Crippen LogP contribution < -0.4 is 0 Å². The van der Waals surface area contributed by atoms with Gasteiger partial charge in [0.05, 0.1) is 5.60 Å². The number of hydrogen-bond donors (Lipinski definition) is 2. The molecule has 0 heterocycles. The fraction of sp³-hybridized carbons (Fsp3) is 0.250. The van der Waals surface area contributed by atoms with Crippen molar-refractivity contribution in [2.75, 3.05) is 0 Å². The zero-order valence-corrected chi connectivity index (χ0v) is 13.7. The molecule has 0 bridgehead atoms. The molecule has 25 heavy (non-hydrogen) atoms. The molecule has 5 heteroatoms. The van der Waals surface area contributed by atoms with E-state index in [9.17, 15) is 19.5 Å². The Balaban J connectivity index is 2.16. The topological polar surface area (TPSA) is 91.7 Å². The second-order valence-corrected chi connectivity index (χ2v) is 6.05. The molecule has 0 aliphatic carbocycles. The maximum Gasteiger partial charge on any atom is 0.303 e. The molecule has 2 aromatic carbocycles. The molecular formula is C20H20O5. The minimum atomic E-state index is -1.70. The van der Waals surface area contributed by atoms with Gasteiger partial charge < -0.3 is 10.2 Å². The number of aliphatic hydroxyl groups is 1. The van der Waals surface area contributed by atoms with Gasteiger partial charge in [-0.15, -0.1) is 0 Å². The van der Waals surface area contributed by atoms with Gasteiger partial charge in [-0.3, -0.25) is 14.4 Å². The van der Waals surface area contributed by atoms with Crippen LogP contribution in [0, 0.1) is 0 Å². The van der Waals surface area contributed by atoms with E-state index >= 15 is 0 Å². The van der Waals surface area contributed by atoms with E-state index in [1.807, 2.05) is 0 Å². The summed E-state index contributed by atoms with van der Waals surface area (Å²) in [5.41, 5.74) is -0.857. The number of ketones is 2. The van der Waals surface area contributed by atoms with Gasteiger partial charge in [-0.2, -0.15) is 0 Å². The third kappa shape index (κ3) is 5.65. The van der Waals surface area contributed by atoms with Crippen LogP contribution in [0.4, 0.5) is 0 Å². The summed E-state index contributed by atoms with van der Waals surface area (Å²) in [6.07, 6.45) is -1.09. The van der Waals surface area contributed by atoms with Crippen molar-refractivity contribution in [1.29, 1.82) is 0 Å². The molecule has 2 rings (SSSR count). The molecule has 2 aromatic rings. The highest BCUT2D eigenvalue weighted by Gasteiger charge is 2.33. The summed E-state index contributed by atoms with van der Waals surface area (Å²) >= 11 is 0. The van der Waals surface area contributed by atoms with E-state index in [0.29, 0.717) is 11.1 Å². The van der Waals surface area contributed by atoms with Crippen LogP contribution in [0.5, 0.6) is 0 Å². The average Bonchev–Trinajstić information content (AvgIpc) is 2.61. The van der Waals surface area contributed by atoms with E-state index in [1.165, 1.54) is 0 Å². The van der Waals surface area contributed by atoms with E-state index in [-0.39, 0.29) is 37.2 Å². The Morgan fingerprint density at radius 3 is 1.52 bits per heavy atom. The van der Waals surface area contributed by atoms with E-state index in [4.69, 9.17) is 5.11 Å². The van der Waals surface area contributed by atoms with Crippen LogP contribution in [0.25, 0.3) is 0 Å². The molecule has 0 spiro atoms. The molecule has 0 saturated heterocycles. The molecule has 130 valence electrons. The number of Topliss-reactive ketones (excluding diaryl/α,β-unsaturated/α-hetero) is 2. The van der Waals surface area contributed by atoms with E-state index < -0.39 is 11.6 Å². The zero-order valence-electron chi connectivity index (χ0n) is 13.7.